The molecule has 3 nitrogen and oxygen atoms in total. The van der Waals surface area contributed by atoms with Crippen molar-refractivity contribution >= 4 is 60.4 Å². The molecule has 7 heteroatoms. The quantitative estimate of drug-likeness (QED) is 0.295. The molecule has 0 aliphatic rings. The van der Waals surface area contributed by atoms with Gasteiger partial charge in [0.2, 0.25) is 0 Å². The molecule has 2 aromatic carbocycles. The minimum absolute atomic E-state index is 0.311. The van der Waals surface area contributed by atoms with Crippen LogP contribution in [0, 0.1) is 7.14 Å². The second kappa shape index (κ2) is 8.95. The summed E-state index contributed by atoms with van der Waals surface area (Å²) in [5.41, 5.74) is 1.44. The van der Waals surface area contributed by atoms with Crippen molar-refractivity contribution in [3.05, 3.63) is 63.6 Å². The Hall–Kier alpha value is 0.290. The van der Waals surface area contributed by atoms with Crippen LogP contribution in [0.1, 0.15) is 15.9 Å². The zero-order valence-corrected chi connectivity index (χ0v) is 18.6. The second-order valence-corrected chi connectivity index (χ2v) is 10.0. The van der Waals surface area contributed by atoms with Gasteiger partial charge in [0.1, 0.15) is 0 Å². The van der Waals surface area contributed by atoms with Gasteiger partial charge in [-0.1, -0.05) is 0 Å². The number of alkyl halides is 1. The molecule has 0 atom stereocenters. The molecule has 0 aromatic heterocycles. The number of rotatable bonds is 6. The van der Waals surface area contributed by atoms with E-state index in [-0.39, 0.29) is 21.2 Å². The van der Waals surface area contributed by atoms with Gasteiger partial charge in [-0.3, -0.25) is 0 Å². The van der Waals surface area contributed by atoms with Crippen molar-refractivity contribution in [1.29, 1.82) is 0 Å². The number of hydrogen-bond donors (Lipinski definition) is 1. The van der Waals surface area contributed by atoms with Gasteiger partial charge in [-0.2, -0.15) is 0 Å². The van der Waals surface area contributed by atoms with Gasteiger partial charge >= 0.3 is 171 Å². The fourth-order valence-electron chi connectivity index (χ4n) is 1.71. The fraction of sp³-hybridized carbons (Fsp3) is 0.133. The Balaban J connectivity index is 1.90. The Kier molecular flexibility index (Phi) is 7.58. The van der Waals surface area contributed by atoms with Crippen LogP contribution in [0.3, 0.4) is 0 Å². The molecule has 0 heterocycles. The van der Waals surface area contributed by atoms with Crippen molar-refractivity contribution in [2.75, 3.05) is 4.61 Å². The summed E-state index contributed by atoms with van der Waals surface area (Å²) in [4.78, 5) is 11.0. The Morgan fingerprint density at radius 1 is 1.14 bits per heavy atom. The fourth-order valence-corrected chi connectivity index (χ4v) is 6.24. The van der Waals surface area contributed by atoms with Crippen LogP contribution >= 0.6 is 54.5 Å². The Morgan fingerprint density at radius 2 is 1.86 bits per heavy atom. The number of hydrogen-bond acceptors (Lipinski definition) is 2. The van der Waals surface area contributed by atoms with E-state index in [2.05, 4.69) is 60.5 Å². The summed E-state index contributed by atoms with van der Waals surface area (Å²) < 4.78 is 10.4. The maximum absolute atomic E-state index is 11.0. The summed E-state index contributed by atoms with van der Waals surface area (Å²) >= 11 is 8.72. The van der Waals surface area contributed by atoms with Gasteiger partial charge in [0, 0.05) is 0 Å². The van der Waals surface area contributed by atoms with Crippen molar-refractivity contribution in [3.8, 4) is 0 Å². The normalized spacial score (nSPS) is 10.9. The van der Waals surface area contributed by atoms with E-state index >= 15 is 0 Å². The van der Waals surface area contributed by atoms with Gasteiger partial charge in [0.05, 0.1) is 0 Å². The average Bonchev–Trinajstić information content (AvgIpc) is 2.42. The van der Waals surface area contributed by atoms with E-state index in [1.807, 2.05) is 18.2 Å². The van der Waals surface area contributed by atoms with Crippen LogP contribution in [0.25, 0.3) is 0 Å². The van der Waals surface area contributed by atoms with Crippen LogP contribution in [-0.2, 0) is 11.3 Å². The molecule has 2 aromatic rings. The second-order valence-electron chi connectivity index (χ2n) is 4.33. The van der Waals surface area contributed by atoms with Crippen LogP contribution in [0.2, 0.25) is 0 Å². The van der Waals surface area contributed by atoms with Gasteiger partial charge < -0.3 is 0 Å². The molecule has 1 N–H and O–H groups in total. The number of carbonyl (C=O) groups is 1. The SMILES string of the molecule is O=C(O)c1cc(Br)cc([I-]COCc2cc(Br)cc(I)c2)c1. The van der Waals surface area contributed by atoms with Crippen LogP contribution < -0.4 is 21.2 Å². The van der Waals surface area contributed by atoms with Gasteiger partial charge in [-0.25, -0.2) is 0 Å². The van der Waals surface area contributed by atoms with Gasteiger partial charge in [-0.05, 0) is 0 Å². The van der Waals surface area contributed by atoms with E-state index in [0.29, 0.717) is 16.8 Å². The molecule has 22 heavy (non-hydrogen) atoms. The molecule has 0 radical (unpaired) electrons. The van der Waals surface area contributed by atoms with E-state index in [1.165, 1.54) is 3.57 Å². The van der Waals surface area contributed by atoms with Crippen LogP contribution in [0.15, 0.2) is 45.3 Å². The predicted octanol–water partition coefficient (Wildman–Crippen LogP) is 1.95. The third kappa shape index (κ3) is 6.06. The third-order valence-corrected chi connectivity index (χ3v) is 6.38. The van der Waals surface area contributed by atoms with Crippen molar-refractivity contribution in [2.24, 2.45) is 0 Å². The summed E-state index contributed by atoms with van der Waals surface area (Å²) in [6.07, 6.45) is 0. The molecular formula is C15H11Br2I2O3-. The molecule has 0 spiro atoms. The standard InChI is InChI=1S/C15H11Br2I2O3/c16-11-1-9(2-13(18)5-11)7-22-8-19-14-4-10(15(20)21)3-12(17)6-14/h1-6H,7-8H2,(H,20,21)/q-1. The Bertz CT molecular complexity index is 672. The van der Waals surface area contributed by atoms with E-state index < -0.39 is 5.97 Å². The summed E-state index contributed by atoms with van der Waals surface area (Å²) in [5, 5.41) is 9.06. The predicted molar refractivity (Wildman–Crippen MR) is 96.3 cm³/mol. The average molecular weight is 653 g/mol. The topological polar surface area (TPSA) is 46.5 Å². The number of ether oxygens (including phenoxy) is 1. The number of carboxylic acids is 1. The molecule has 0 unspecified atom stereocenters. The zero-order valence-electron chi connectivity index (χ0n) is 11.2. The first-order valence-corrected chi connectivity index (χ1v) is 11.4. The van der Waals surface area contributed by atoms with Crippen molar-refractivity contribution < 1.29 is 35.8 Å². The van der Waals surface area contributed by atoms with Crippen molar-refractivity contribution in [3.63, 3.8) is 0 Å². The third-order valence-electron chi connectivity index (χ3n) is 2.59. The number of benzene rings is 2. The summed E-state index contributed by atoms with van der Waals surface area (Å²) in [6.45, 7) is 0.564. The molecule has 2 rings (SSSR count). The van der Waals surface area contributed by atoms with E-state index in [0.717, 1.165) is 18.1 Å². The van der Waals surface area contributed by atoms with Gasteiger partial charge in [0.25, 0.3) is 0 Å². The van der Waals surface area contributed by atoms with E-state index in [1.54, 1.807) is 12.1 Å². The van der Waals surface area contributed by atoms with Crippen LogP contribution in [0.4, 0.5) is 0 Å². The Morgan fingerprint density at radius 3 is 2.55 bits per heavy atom. The summed E-state index contributed by atoms with van der Waals surface area (Å²) in [6, 6.07) is 11.5. The molecule has 0 aliphatic carbocycles. The number of aromatic carboxylic acids is 1. The van der Waals surface area contributed by atoms with Crippen LogP contribution in [0.5, 0.6) is 0 Å². The Labute approximate surface area is 169 Å². The molecule has 0 amide bonds. The van der Waals surface area contributed by atoms with Crippen molar-refractivity contribution in [1.82, 2.24) is 0 Å². The number of halogens is 4. The molecule has 0 saturated carbocycles. The van der Waals surface area contributed by atoms with E-state index in [4.69, 9.17) is 9.84 Å². The molecule has 0 fully saturated rings. The number of carboxylic acid groups (broad SMARTS) is 1. The van der Waals surface area contributed by atoms with Gasteiger partial charge in [-0.15, -0.1) is 0 Å². The maximum atomic E-state index is 11.0. The zero-order chi connectivity index (χ0) is 16.1. The minimum atomic E-state index is -0.906. The molecular weight excluding hydrogens is 642 g/mol. The summed E-state index contributed by atoms with van der Waals surface area (Å²) in [5.74, 6) is -0.906. The molecule has 0 saturated heterocycles. The summed E-state index contributed by atoms with van der Waals surface area (Å²) in [7, 11) is 0. The molecule has 118 valence electrons. The monoisotopic (exact) mass is 651 g/mol. The first-order chi connectivity index (χ1) is 10.4. The molecule has 0 bridgehead atoms. The first kappa shape index (κ1) is 18.6. The van der Waals surface area contributed by atoms with E-state index in [9.17, 15) is 4.79 Å². The molecule has 0 aliphatic heterocycles. The first-order valence-electron chi connectivity index (χ1n) is 6.10. The van der Waals surface area contributed by atoms with Crippen LogP contribution in [-0.4, -0.2) is 15.7 Å². The van der Waals surface area contributed by atoms with Gasteiger partial charge in [0.15, 0.2) is 0 Å². The van der Waals surface area contributed by atoms with Crippen molar-refractivity contribution in [2.45, 2.75) is 6.61 Å².